The van der Waals surface area contributed by atoms with Gasteiger partial charge in [-0.15, -0.1) is 16.7 Å². The number of aromatic nitrogens is 3. The van der Waals surface area contributed by atoms with Gasteiger partial charge >= 0.3 is 6.61 Å². The molecule has 0 N–H and O–H groups in total. The van der Waals surface area contributed by atoms with Gasteiger partial charge in [-0.2, -0.15) is 8.78 Å². The van der Waals surface area contributed by atoms with Crippen LogP contribution in [0.5, 0.6) is 5.75 Å². The highest BCUT2D eigenvalue weighted by molar-refractivity contribution is 6.16. The van der Waals surface area contributed by atoms with Gasteiger partial charge in [0.2, 0.25) is 0 Å². The molecule has 4 nitrogen and oxygen atoms in total. The van der Waals surface area contributed by atoms with Crippen molar-refractivity contribution >= 4 is 11.6 Å². The average Bonchev–Trinajstić information content (AvgIpc) is 2.79. The van der Waals surface area contributed by atoms with E-state index in [-0.39, 0.29) is 11.6 Å². The molecular formula is C11H10ClF2N3O. The summed E-state index contributed by atoms with van der Waals surface area (Å²) in [6.45, 7) is -2.55. The molecule has 0 unspecified atom stereocenters. The predicted molar refractivity (Wildman–Crippen MR) is 61.8 cm³/mol. The maximum atomic E-state index is 12.2. The van der Waals surface area contributed by atoms with Crippen molar-refractivity contribution in [3.8, 4) is 5.75 Å². The lowest BCUT2D eigenvalue weighted by molar-refractivity contribution is -0.0505. The number of ether oxygens (including phenoxy) is 1. The van der Waals surface area contributed by atoms with Gasteiger partial charge in [0.25, 0.3) is 0 Å². The standard InChI is InChI=1S/C11H10ClF2N3O/c12-5-9-7-17(16-15-9)6-8-3-1-2-4-10(8)18-11(13)14/h1-4,7,11H,5-6H2. The Balaban J connectivity index is 2.17. The molecule has 0 saturated heterocycles. The van der Waals surface area contributed by atoms with Crippen LogP contribution in [0.2, 0.25) is 0 Å². The van der Waals surface area contributed by atoms with E-state index in [1.54, 1.807) is 24.4 Å². The number of alkyl halides is 3. The van der Waals surface area contributed by atoms with Gasteiger partial charge in [0.15, 0.2) is 0 Å². The summed E-state index contributed by atoms with van der Waals surface area (Å²) >= 11 is 5.60. The zero-order chi connectivity index (χ0) is 13.0. The second-order valence-electron chi connectivity index (χ2n) is 3.53. The Morgan fingerprint density at radius 3 is 2.78 bits per heavy atom. The van der Waals surface area contributed by atoms with Crippen LogP contribution in [0.4, 0.5) is 8.78 Å². The van der Waals surface area contributed by atoms with Gasteiger partial charge in [0.1, 0.15) is 5.75 Å². The number of rotatable bonds is 5. The minimum Gasteiger partial charge on any atom is -0.434 e. The summed E-state index contributed by atoms with van der Waals surface area (Å²) in [4.78, 5) is 0. The van der Waals surface area contributed by atoms with Crippen molar-refractivity contribution in [2.75, 3.05) is 0 Å². The molecule has 0 aliphatic heterocycles. The monoisotopic (exact) mass is 273 g/mol. The topological polar surface area (TPSA) is 39.9 Å². The highest BCUT2D eigenvalue weighted by Gasteiger charge is 2.10. The number of halogens is 3. The van der Waals surface area contributed by atoms with Gasteiger partial charge in [-0.25, -0.2) is 4.68 Å². The molecule has 2 rings (SSSR count). The Hall–Kier alpha value is -1.69. The first-order valence-electron chi connectivity index (χ1n) is 5.16. The molecule has 0 saturated carbocycles. The molecular weight excluding hydrogens is 264 g/mol. The first-order chi connectivity index (χ1) is 8.69. The largest absolute Gasteiger partial charge is 0.434 e. The van der Waals surface area contributed by atoms with Crippen LogP contribution in [0.15, 0.2) is 30.5 Å². The van der Waals surface area contributed by atoms with E-state index >= 15 is 0 Å². The van der Waals surface area contributed by atoms with E-state index in [1.807, 2.05) is 0 Å². The molecule has 0 aliphatic carbocycles. The van der Waals surface area contributed by atoms with Crippen molar-refractivity contribution in [3.63, 3.8) is 0 Å². The Kier molecular flexibility index (Phi) is 4.09. The normalized spacial score (nSPS) is 10.9. The van der Waals surface area contributed by atoms with Crippen LogP contribution in [0, 0.1) is 0 Å². The molecule has 0 atom stereocenters. The van der Waals surface area contributed by atoms with Gasteiger partial charge < -0.3 is 4.74 Å². The van der Waals surface area contributed by atoms with Crippen LogP contribution in [0.25, 0.3) is 0 Å². The molecule has 0 spiro atoms. The van der Waals surface area contributed by atoms with E-state index in [2.05, 4.69) is 15.0 Å². The fourth-order valence-electron chi connectivity index (χ4n) is 1.50. The summed E-state index contributed by atoms with van der Waals surface area (Å²) in [5.41, 5.74) is 1.23. The van der Waals surface area contributed by atoms with Gasteiger partial charge in [0, 0.05) is 5.56 Å². The fourth-order valence-corrected chi connectivity index (χ4v) is 1.62. The minimum absolute atomic E-state index is 0.135. The summed E-state index contributed by atoms with van der Waals surface area (Å²) in [5.74, 6) is 0.394. The molecule has 0 fully saturated rings. The van der Waals surface area contributed by atoms with E-state index in [4.69, 9.17) is 11.6 Å². The minimum atomic E-state index is -2.85. The number of para-hydroxylation sites is 1. The molecule has 0 aliphatic rings. The number of hydrogen-bond acceptors (Lipinski definition) is 3. The Bertz CT molecular complexity index is 518. The van der Waals surface area contributed by atoms with Crippen molar-refractivity contribution in [1.82, 2.24) is 15.0 Å². The third-order valence-corrected chi connectivity index (χ3v) is 2.52. The zero-order valence-electron chi connectivity index (χ0n) is 9.26. The Morgan fingerprint density at radius 2 is 2.11 bits per heavy atom. The molecule has 0 radical (unpaired) electrons. The number of hydrogen-bond donors (Lipinski definition) is 0. The summed E-state index contributed by atoms with van der Waals surface area (Å²) in [6.07, 6.45) is 1.66. The van der Waals surface area contributed by atoms with Gasteiger partial charge in [-0.3, -0.25) is 0 Å². The molecule has 0 amide bonds. The summed E-state index contributed by atoms with van der Waals surface area (Å²) < 4.78 is 30.4. The second-order valence-corrected chi connectivity index (χ2v) is 3.79. The second kappa shape index (κ2) is 5.77. The third kappa shape index (κ3) is 3.16. The lowest BCUT2D eigenvalue weighted by Gasteiger charge is -2.09. The van der Waals surface area contributed by atoms with Crippen LogP contribution in [0.1, 0.15) is 11.3 Å². The maximum Gasteiger partial charge on any atom is 0.387 e. The highest BCUT2D eigenvalue weighted by atomic mass is 35.5. The van der Waals surface area contributed by atoms with E-state index in [0.29, 0.717) is 17.8 Å². The fraction of sp³-hybridized carbons (Fsp3) is 0.273. The summed E-state index contributed by atoms with van der Waals surface area (Å²) in [5, 5.41) is 7.66. The van der Waals surface area contributed by atoms with Crippen LogP contribution >= 0.6 is 11.6 Å². The molecule has 1 aromatic carbocycles. The first-order valence-corrected chi connectivity index (χ1v) is 5.70. The SMILES string of the molecule is FC(F)Oc1ccccc1Cn1cc(CCl)nn1. The van der Waals surface area contributed by atoms with Crippen LogP contribution in [-0.4, -0.2) is 21.6 Å². The van der Waals surface area contributed by atoms with Crippen molar-refractivity contribution in [1.29, 1.82) is 0 Å². The summed E-state index contributed by atoms with van der Waals surface area (Å²) in [6, 6.07) is 6.56. The predicted octanol–water partition coefficient (Wildman–Crippen LogP) is 2.67. The molecule has 1 aromatic heterocycles. The van der Waals surface area contributed by atoms with E-state index in [9.17, 15) is 8.78 Å². The molecule has 7 heteroatoms. The van der Waals surface area contributed by atoms with Crippen molar-refractivity contribution in [2.45, 2.75) is 19.0 Å². The Morgan fingerprint density at radius 1 is 1.33 bits per heavy atom. The molecule has 1 heterocycles. The van der Waals surface area contributed by atoms with Gasteiger partial charge in [0.05, 0.1) is 24.3 Å². The Labute approximate surface area is 107 Å². The molecule has 0 bridgehead atoms. The smallest absolute Gasteiger partial charge is 0.387 e. The van der Waals surface area contributed by atoms with E-state index in [0.717, 1.165) is 0 Å². The van der Waals surface area contributed by atoms with Gasteiger partial charge in [-0.05, 0) is 6.07 Å². The maximum absolute atomic E-state index is 12.2. The first kappa shape index (κ1) is 12.8. The zero-order valence-corrected chi connectivity index (χ0v) is 10.0. The van der Waals surface area contributed by atoms with Crippen LogP contribution < -0.4 is 4.74 Å². The van der Waals surface area contributed by atoms with Gasteiger partial charge in [-0.1, -0.05) is 23.4 Å². The molecule has 96 valence electrons. The van der Waals surface area contributed by atoms with Crippen LogP contribution in [0.3, 0.4) is 0 Å². The van der Waals surface area contributed by atoms with Crippen molar-refractivity contribution in [3.05, 3.63) is 41.7 Å². The molecule has 2 aromatic rings. The highest BCUT2D eigenvalue weighted by Crippen LogP contribution is 2.21. The number of benzene rings is 1. The van der Waals surface area contributed by atoms with Crippen LogP contribution in [-0.2, 0) is 12.4 Å². The van der Waals surface area contributed by atoms with E-state index < -0.39 is 6.61 Å². The quantitative estimate of drug-likeness (QED) is 0.787. The van der Waals surface area contributed by atoms with Crippen molar-refractivity contribution < 1.29 is 13.5 Å². The third-order valence-electron chi connectivity index (χ3n) is 2.24. The lowest BCUT2D eigenvalue weighted by atomic mass is 10.2. The van der Waals surface area contributed by atoms with E-state index in [1.165, 1.54) is 10.7 Å². The average molecular weight is 274 g/mol. The lowest BCUT2D eigenvalue weighted by Crippen LogP contribution is -2.07. The number of nitrogens with zero attached hydrogens (tertiary/aromatic N) is 3. The van der Waals surface area contributed by atoms with Crippen molar-refractivity contribution in [2.24, 2.45) is 0 Å². The summed E-state index contributed by atoms with van der Waals surface area (Å²) in [7, 11) is 0. The molecule has 18 heavy (non-hydrogen) atoms.